The number of aryl methyl sites for hydroxylation is 1. The number of terminal acetylenes is 1. The van der Waals surface area contributed by atoms with Gasteiger partial charge in [-0.25, -0.2) is 4.79 Å². The number of ether oxygens (including phenoxy) is 1. The lowest BCUT2D eigenvalue weighted by atomic mass is 9.94. The number of aromatic amines is 1. The molecule has 1 amide bonds. The summed E-state index contributed by atoms with van der Waals surface area (Å²) in [6.45, 7) is 8.12. The molecule has 0 aliphatic heterocycles. The first kappa shape index (κ1) is 19.5. The van der Waals surface area contributed by atoms with Gasteiger partial charge in [0.15, 0.2) is 12.4 Å². The molecule has 0 bridgehead atoms. The molecule has 6 nitrogen and oxygen atoms in total. The standard InChI is InChI=1S/C18H24N2O4/c1-7-18(8-2,9-3)20-14(22)10-24-17(23)16-11(4)15(13(6)21)12(5)19-16/h1,19H,8-10H2,2-6H3,(H,20,22). The number of carbonyl (C=O) groups excluding carboxylic acids is 3. The Hall–Kier alpha value is -2.55. The number of amides is 1. The van der Waals surface area contributed by atoms with E-state index in [0.29, 0.717) is 29.7 Å². The largest absolute Gasteiger partial charge is 0.451 e. The van der Waals surface area contributed by atoms with Crippen molar-refractivity contribution in [3.8, 4) is 12.3 Å². The predicted molar refractivity (Wildman–Crippen MR) is 90.8 cm³/mol. The number of aromatic nitrogens is 1. The maximum atomic E-state index is 12.1. The highest BCUT2D eigenvalue weighted by Gasteiger charge is 2.26. The van der Waals surface area contributed by atoms with E-state index >= 15 is 0 Å². The summed E-state index contributed by atoms with van der Waals surface area (Å²) < 4.78 is 5.04. The second kappa shape index (κ2) is 7.82. The van der Waals surface area contributed by atoms with E-state index in [1.807, 2.05) is 13.8 Å². The first-order valence-corrected chi connectivity index (χ1v) is 7.87. The fourth-order valence-electron chi connectivity index (χ4n) is 2.66. The van der Waals surface area contributed by atoms with Gasteiger partial charge in [0.05, 0.1) is 0 Å². The summed E-state index contributed by atoms with van der Waals surface area (Å²) in [7, 11) is 0. The summed E-state index contributed by atoms with van der Waals surface area (Å²) in [5.41, 5.74) is 1.03. The minimum Gasteiger partial charge on any atom is -0.451 e. The van der Waals surface area contributed by atoms with E-state index in [-0.39, 0.29) is 11.5 Å². The summed E-state index contributed by atoms with van der Waals surface area (Å²) in [5, 5.41) is 2.72. The molecule has 1 heterocycles. The molecule has 1 rings (SSSR count). The van der Waals surface area contributed by atoms with Crippen LogP contribution in [0.1, 0.15) is 65.7 Å². The molecule has 0 saturated carbocycles. The number of ketones is 1. The first-order chi connectivity index (χ1) is 11.2. The molecule has 0 radical (unpaired) electrons. The first-order valence-electron chi connectivity index (χ1n) is 7.87. The fraction of sp³-hybridized carbons (Fsp3) is 0.500. The molecule has 1 aromatic rings. The smallest absolute Gasteiger partial charge is 0.355 e. The molecule has 0 spiro atoms. The van der Waals surface area contributed by atoms with Crippen LogP contribution in [0.5, 0.6) is 0 Å². The summed E-state index contributed by atoms with van der Waals surface area (Å²) in [5.74, 6) is 1.30. The maximum Gasteiger partial charge on any atom is 0.355 e. The van der Waals surface area contributed by atoms with E-state index in [4.69, 9.17) is 11.2 Å². The Morgan fingerprint density at radius 3 is 2.25 bits per heavy atom. The van der Waals surface area contributed by atoms with Crippen LogP contribution in [0, 0.1) is 26.2 Å². The topological polar surface area (TPSA) is 88.3 Å². The lowest BCUT2D eigenvalue weighted by molar-refractivity contribution is -0.125. The van der Waals surface area contributed by atoms with Crippen LogP contribution in [0.2, 0.25) is 0 Å². The predicted octanol–water partition coefficient (Wildman–Crippen LogP) is 2.30. The van der Waals surface area contributed by atoms with Gasteiger partial charge in [-0.1, -0.05) is 19.8 Å². The number of esters is 1. The van der Waals surface area contributed by atoms with Crippen LogP contribution in [0.4, 0.5) is 0 Å². The highest BCUT2D eigenvalue weighted by Crippen LogP contribution is 2.19. The highest BCUT2D eigenvalue weighted by atomic mass is 16.5. The number of carbonyl (C=O) groups is 3. The molecular weight excluding hydrogens is 308 g/mol. The van der Waals surface area contributed by atoms with E-state index in [0.717, 1.165) is 0 Å². The second-order valence-corrected chi connectivity index (χ2v) is 5.74. The average Bonchev–Trinajstić information content (AvgIpc) is 2.85. The van der Waals surface area contributed by atoms with Crippen molar-refractivity contribution in [2.24, 2.45) is 0 Å². The Morgan fingerprint density at radius 1 is 1.25 bits per heavy atom. The molecule has 0 saturated heterocycles. The summed E-state index contributed by atoms with van der Waals surface area (Å²) in [6.07, 6.45) is 6.64. The molecule has 24 heavy (non-hydrogen) atoms. The Bertz CT molecular complexity index is 691. The van der Waals surface area contributed by atoms with Crippen molar-refractivity contribution in [1.29, 1.82) is 0 Å². The van der Waals surface area contributed by atoms with Crippen molar-refractivity contribution in [3.05, 3.63) is 22.5 Å². The van der Waals surface area contributed by atoms with E-state index in [2.05, 4.69) is 16.2 Å². The molecule has 0 aromatic carbocycles. The SMILES string of the molecule is C#CC(CC)(CC)NC(=O)COC(=O)c1[nH]c(C)c(C(C)=O)c1C. The Labute approximate surface area is 142 Å². The lowest BCUT2D eigenvalue weighted by Crippen LogP contribution is -2.48. The lowest BCUT2D eigenvalue weighted by Gasteiger charge is -2.26. The molecule has 6 heteroatoms. The van der Waals surface area contributed by atoms with Gasteiger partial charge in [0, 0.05) is 11.3 Å². The van der Waals surface area contributed by atoms with Crippen molar-refractivity contribution in [2.75, 3.05) is 6.61 Å². The van der Waals surface area contributed by atoms with Gasteiger partial charge < -0.3 is 15.0 Å². The van der Waals surface area contributed by atoms with Crippen LogP contribution in [0.3, 0.4) is 0 Å². The normalized spacial score (nSPS) is 10.8. The van der Waals surface area contributed by atoms with Gasteiger partial charge in [-0.05, 0) is 39.2 Å². The molecule has 0 atom stereocenters. The maximum absolute atomic E-state index is 12.1. The van der Waals surface area contributed by atoms with Crippen LogP contribution >= 0.6 is 0 Å². The van der Waals surface area contributed by atoms with Gasteiger partial charge in [-0.15, -0.1) is 6.42 Å². The summed E-state index contributed by atoms with van der Waals surface area (Å²) >= 11 is 0. The average molecular weight is 332 g/mol. The molecule has 0 aliphatic carbocycles. The van der Waals surface area contributed by atoms with E-state index in [1.165, 1.54) is 6.92 Å². The third kappa shape index (κ3) is 4.05. The minimum absolute atomic E-state index is 0.136. The van der Waals surface area contributed by atoms with Gasteiger partial charge in [-0.3, -0.25) is 9.59 Å². The van der Waals surface area contributed by atoms with Gasteiger partial charge in [0.25, 0.3) is 5.91 Å². The van der Waals surface area contributed by atoms with E-state index in [1.54, 1.807) is 13.8 Å². The highest BCUT2D eigenvalue weighted by molar-refractivity contribution is 6.01. The zero-order valence-electron chi connectivity index (χ0n) is 14.8. The number of nitrogens with one attached hydrogen (secondary N) is 2. The Kier molecular flexibility index (Phi) is 6.35. The van der Waals surface area contributed by atoms with Crippen LogP contribution < -0.4 is 5.32 Å². The molecule has 0 aliphatic rings. The van der Waals surface area contributed by atoms with Gasteiger partial charge in [0.2, 0.25) is 0 Å². The van der Waals surface area contributed by atoms with E-state index in [9.17, 15) is 14.4 Å². The Balaban J connectivity index is 2.77. The van der Waals surface area contributed by atoms with Crippen LogP contribution in [0.25, 0.3) is 0 Å². The minimum atomic E-state index is -0.732. The number of hydrogen-bond donors (Lipinski definition) is 2. The van der Waals surface area contributed by atoms with Crippen molar-refractivity contribution in [1.82, 2.24) is 10.3 Å². The number of rotatable bonds is 7. The Morgan fingerprint density at radius 2 is 1.83 bits per heavy atom. The fourth-order valence-corrected chi connectivity index (χ4v) is 2.66. The summed E-state index contributed by atoms with van der Waals surface area (Å²) in [4.78, 5) is 38.6. The van der Waals surface area contributed by atoms with Crippen molar-refractivity contribution in [3.63, 3.8) is 0 Å². The molecule has 2 N–H and O–H groups in total. The van der Waals surface area contributed by atoms with Crippen LogP contribution in [0.15, 0.2) is 0 Å². The third-order valence-corrected chi connectivity index (χ3v) is 4.19. The quantitative estimate of drug-likeness (QED) is 0.455. The van der Waals surface area contributed by atoms with Gasteiger partial charge >= 0.3 is 5.97 Å². The second-order valence-electron chi connectivity index (χ2n) is 5.74. The number of Topliss-reactive ketones (excluding diaryl/α,β-unsaturated/α-hetero) is 1. The zero-order chi connectivity index (χ0) is 18.5. The molecule has 130 valence electrons. The molecular formula is C18H24N2O4. The number of hydrogen-bond acceptors (Lipinski definition) is 4. The monoisotopic (exact) mass is 332 g/mol. The molecule has 1 aromatic heterocycles. The summed E-state index contributed by atoms with van der Waals surface area (Å²) in [6, 6.07) is 0. The van der Waals surface area contributed by atoms with Crippen molar-refractivity contribution < 1.29 is 19.1 Å². The number of H-pyrrole nitrogens is 1. The van der Waals surface area contributed by atoms with Crippen LogP contribution in [-0.2, 0) is 9.53 Å². The van der Waals surface area contributed by atoms with Gasteiger partial charge in [0.1, 0.15) is 11.2 Å². The zero-order valence-corrected chi connectivity index (χ0v) is 14.8. The van der Waals surface area contributed by atoms with Crippen molar-refractivity contribution >= 4 is 17.7 Å². The third-order valence-electron chi connectivity index (χ3n) is 4.19. The van der Waals surface area contributed by atoms with Crippen LogP contribution in [-0.4, -0.2) is 34.8 Å². The molecule has 0 fully saturated rings. The molecule has 0 unspecified atom stereocenters. The van der Waals surface area contributed by atoms with Gasteiger partial charge in [-0.2, -0.15) is 0 Å². The van der Waals surface area contributed by atoms with E-state index < -0.39 is 24.0 Å². The van der Waals surface area contributed by atoms with Crippen molar-refractivity contribution in [2.45, 2.75) is 53.0 Å².